The number of rotatable bonds is 4. The minimum Gasteiger partial charge on any atom is -0.366 e. The van der Waals surface area contributed by atoms with E-state index in [1.165, 1.54) is 0 Å². The van der Waals surface area contributed by atoms with Gasteiger partial charge in [0.1, 0.15) is 5.82 Å². The van der Waals surface area contributed by atoms with Crippen molar-refractivity contribution in [2.24, 2.45) is 5.73 Å². The second-order valence-corrected chi connectivity index (χ2v) is 6.42. The Labute approximate surface area is 150 Å². The van der Waals surface area contributed by atoms with E-state index < -0.39 is 5.91 Å². The van der Waals surface area contributed by atoms with Crippen LogP contribution in [-0.2, 0) is 22.4 Å². The molecule has 0 bridgehead atoms. The maximum absolute atomic E-state index is 11.9. The Bertz CT molecular complexity index is 1020. The average Bonchev–Trinajstić information content (AvgIpc) is 3.03. The van der Waals surface area contributed by atoms with Gasteiger partial charge in [-0.15, -0.1) is 0 Å². The molecule has 4 rings (SSSR count). The number of benzene rings is 1. The predicted octanol–water partition coefficient (Wildman–Crippen LogP) is 2.56. The number of aromatic amines is 1. The molecule has 0 unspecified atom stereocenters. The van der Waals surface area contributed by atoms with Gasteiger partial charge in [0.15, 0.2) is 0 Å². The highest BCUT2D eigenvalue weighted by molar-refractivity contribution is 5.97. The number of hydrogen-bond donors (Lipinski definition) is 3. The first kappa shape index (κ1) is 16.1. The molecule has 0 radical (unpaired) electrons. The van der Waals surface area contributed by atoms with Gasteiger partial charge in [-0.1, -0.05) is 18.2 Å². The van der Waals surface area contributed by atoms with Crippen LogP contribution in [0.5, 0.6) is 0 Å². The van der Waals surface area contributed by atoms with E-state index in [1.54, 1.807) is 12.3 Å². The molecule has 1 aliphatic heterocycles. The summed E-state index contributed by atoms with van der Waals surface area (Å²) in [5, 5.41) is 3.85. The number of H-pyrrole nitrogens is 1. The summed E-state index contributed by atoms with van der Waals surface area (Å²) in [6, 6.07) is 11.9. The number of nitrogens with two attached hydrogens (primary N) is 1. The number of aromatic nitrogens is 2. The maximum atomic E-state index is 11.9. The lowest BCUT2D eigenvalue weighted by atomic mass is 10.0. The van der Waals surface area contributed by atoms with Gasteiger partial charge in [0, 0.05) is 35.8 Å². The number of para-hydroxylation sites is 1. The molecule has 6 nitrogen and oxygen atoms in total. The van der Waals surface area contributed by atoms with Gasteiger partial charge >= 0.3 is 0 Å². The van der Waals surface area contributed by atoms with Crippen LogP contribution in [0.25, 0.3) is 17.0 Å². The molecule has 3 aromatic rings. The van der Waals surface area contributed by atoms with E-state index in [9.17, 15) is 9.59 Å². The quantitative estimate of drug-likeness (QED) is 0.633. The Hall–Kier alpha value is -3.41. The van der Waals surface area contributed by atoms with Crippen molar-refractivity contribution in [1.82, 2.24) is 9.97 Å². The number of primary amides is 1. The summed E-state index contributed by atoms with van der Waals surface area (Å²) in [5.41, 5.74) is 9.79. The molecule has 0 aliphatic carbocycles. The zero-order valence-corrected chi connectivity index (χ0v) is 14.1. The van der Waals surface area contributed by atoms with Crippen LogP contribution in [0.3, 0.4) is 0 Å². The van der Waals surface area contributed by atoms with Gasteiger partial charge in [-0.2, -0.15) is 0 Å². The lowest BCUT2D eigenvalue weighted by Gasteiger charge is -2.15. The van der Waals surface area contributed by atoms with Gasteiger partial charge in [-0.3, -0.25) is 9.59 Å². The van der Waals surface area contributed by atoms with Crippen molar-refractivity contribution in [2.45, 2.75) is 19.3 Å². The third kappa shape index (κ3) is 3.21. The number of aryl methyl sites for hydroxylation is 1. The van der Waals surface area contributed by atoms with Crippen LogP contribution in [0, 0.1) is 0 Å². The molecule has 2 aromatic heterocycles. The molecule has 130 valence electrons. The Morgan fingerprint density at radius 3 is 2.88 bits per heavy atom. The summed E-state index contributed by atoms with van der Waals surface area (Å²) in [6.45, 7) is 0. The summed E-state index contributed by atoms with van der Waals surface area (Å²) in [5.74, 6) is 0.106. The number of pyridine rings is 1. The van der Waals surface area contributed by atoms with Crippen molar-refractivity contribution in [3.05, 3.63) is 65.0 Å². The van der Waals surface area contributed by atoms with Crippen LogP contribution in [-0.4, -0.2) is 21.8 Å². The van der Waals surface area contributed by atoms with Gasteiger partial charge in [-0.05, 0) is 47.2 Å². The second-order valence-electron chi connectivity index (χ2n) is 6.42. The number of carbonyl (C=O) groups excluding carboxylic acids is 2. The Morgan fingerprint density at radius 1 is 1.23 bits per heavy atom. The van der Waals surface area contributed by atoms with Gasteiger partial charge in [-0.25, -0.2) is 4.98 Å². The molecule has 1 aliphatic rings. The van der Waals surface area contributed by atoms with E-state index >= 15 is 0 Å². The average molecular weight is 346 g/mol. The standard InChI is InChI=1S/C20H18N4O2/c21-19(26)15(10-16-9-13-3-1-2-4-17(13)23-16)8-12-7-14-5-6-18(25)24-20(14)22-11-12/h1-4,7-9,11,23H,5-6,10H2,(H2,21,26)(H,22,24,25). The van der Waals surface area contributed by atoms with Crippen molar-refractivity contribution >= 4 is 34.6 Å². The molecular weight excluding hydrogens is 328 g/mol. The topological polar surface area (TPSA) is 101 Å². The van der Waals surface area contributed by atoms with Crippen LogP contribution < -0.4 is 11.1 Å². The number of amides is 2. The van der Waals surface area contributed by atoms with Gasteiger partial charge in [0.05, 0.1) is 0 Å². The first-order valence-corrected chi connectivity index (χ1v) is 8.44. The fraction of sp³-hybridized carbons (Fsp3) is 0.150. The molecule has 0 spiro atoms. The van der Waals surface area contributed by atoms with E-state index in [0.29, 0.717) is 30.7 Å². The minimum atomic E-state index is -0.463. The third-order valence-corrected chi connectivity index (χ3v) is 4.49. The lowest BCUT2D eigenvalue weighted by molar-refractivity contribution is -0.116. The molecule has 0 fully saturated rings. The molecule has 1 aromatic carbocycles. The zero-order valence-electron chi connectivity index (χ0n) is 14.1. The van der Waals surface area contributed by atoms with E-state index in [2.05, 4.69) is 15.3 Å². The Kier molecular flexibility index (Phi) is 4.01. The largest absolute Gasteiger partial charge is 0.366 e. The summed E-state index contributed by atoms with van der Waals surface area (Å²) in [4.78, 5) is 30.9. The van der Waals surface area contributed by atoms with Gasteiger partial charge in [0.25, 0.3) is 0 Å². The van der Waals surface area contributed by atoms with Crippen molar-refractivity contribution in [3.63, 3.8) is 0 Å². The number of anilines is 1. The van der Waals surface area contributed by atoms with Crippen LogP contribution in [0.2, 0.25) is 0 Å². The van der Waals surface area contributed by atoms with E-state index in [-0.39, 0.29) is 5.91 Å². The third-order valence-electron chi connectivity index (χ3n) is 4.49. The summed E-state index contributed by atoms with van der Waals surface area (Å²) >= 11 is 0. The molecule has 0 atom stereocenters. The molecular formula is C20H18N4O2. The first-order chi connectivity index (χ1) is 12.6. The van der Waals surface area contributed by atoms with E-state index in [0.717, 1.165) is 27.7 Å². The summed E-state index contributed by atoms with van der Waals surface area (Å²) in [7, 11) is 0. The Balaban J connectivity index is 1.63. The number of nitrogens with zero attached hydrogens (tertiary/aromatic N) is 1. The van der Waals surface area contributed by atoms with Crippen LogP contribution in [0.1, 0.15) is 23.2 Å². The van der Waals surface area contributed by atoms with Gasteiger partial charge < -0.3 is 16.0 Å². The van der Waals surface area contributed by atoms with E-state index in [4.69, 9.17) is 5.73 Å². The lowest BCUT2D eigenvalue weighted by Crippen LogP contribution is -2.20. The number of nitrogens with one attached hydrogen (secondary N) is 2. The van der Waals surface area contributed by atoms with Crippen molar-refractivity contribution in [2.75, 3.05) is 5.32 Å². The second kappa shape index (κ2) is 6.48. The van der Waals surface area contributed by atoms with Crippen molar-refractivity contribution in [1.29, 1.82) is 0 Å². The summed E-state index contributed by atoms with van der Waals surface area (Å²) < 4.78 is 0. The summed E-state index contributed by atoms with van der Waals surface area (Å²) in [6.07, 6.45) is 4.90. The predicted molar refractivity (Wildman–Crippen MR) is 100 cm³/mol. The molecule has 6 heteroatoms. The number of carbonyl (C=O) groups is 2. The molecule has 0 saturated heterocycles. The first-order valence-electron chi connectivity index (χ1n) is 8.44. The van der Waals surface area contributed by atoms with Gasteiger partial charge in [0.2, 0.25) is 11.8 Å². The SMILES string of the molecule is NC(=O)C(=Cc1cnc2c(c1)CCC(=O)N2)Cc1cc2ccccc2[nH]1. The molecule has 0 saturated carbocycles. The van der Waals surface area contributed by atoms with Crippen molar-refractivity contribution in [3.8, 4) is 0 Å². The maximum Gasteiger partial charge on any atom is 0.245 e. The fourth-order valence-corrected chi connectivity index (χ4v) is 3.20. The fourth-order valence-electron chi connectivity index (χ4n) is 3.20. The van der Waals surface area contributed by atoms with Crippen LogP contribution in [0.4, 0.5) is 5.82 Å². The minimum absolute atomic E-state index is 0.0232. The Morgan fingerprint density at radius 2 is 2.08 bits per heavy atom. The molecule has 2 amide bonds. The number of fused-ring (bicyclic) bond motifs is 2. The van der Waals surface area contributed by atoms with E-state index in [1.807, 2.05) is 36.4 Å². The highest BCUT2D eigenvalue weighted by Gasteiger charge is 2.16. The highest BCUT2D eigenvalue weighted by Crippen LogP contribution is 2.23. The zero-order chi connectivity index (χ0) is 18.1. The highest BCUT2D eigenvalue weighted by atomic mass is 16.2. The number of hydrogen-bond acceptors (Lipinski definition) is 3. The van der Waals surface area contributed by atoms with Crippen LogP contribution >= 0.6 is 0 Å². The molecule has 26 heavy (non-hydrogen) atoms. The monoisotopic (exact) mass is 346 g/mol. The normalized spacial score (nSPS) is 14.2. The van der Waals surface area contributed by atoms with Crippen molar-refractivity contribution < 1.29 is 9.59 Å². The smallest absolute Gasteiger partial charge is 0.245 e. The molecule has 3 heterocycles. The van der Waals surface area contributed by atoms with Crippen LogP contribution in [0.15, 0.2) is 48.2 Å². The molecule has 4 N–H and O–H groups in total.